The second-order valence-electron chi connectivity index (χ2n) is 6.07. The van der Waals surface area contributed by atoms with Gasteiger partial charge in [0, 0.05) is 5.56 Å². The number of allylic oxidation sites excluding steroid dienone is 5. The van der Waals surface area contributed by atoms with E-state index in [1.54, 1.807) is 6.07 Å². The fourth-order valence-electron chi connectivity index (χ4n) is 2.83. The molecule has 0 aliphatic carbocycles. The predicted octanol–water partition coefficient (Wildman–Crippen LogP) is 7.03. The van der Waals surface area contributed by atoms with Crippen LogP contribution in [0.25, 0.3) is 16.8 Å². The minimum atomic E-state index is 0.333. The number of hydrogen-bond acceptors (Lipinski definition) is 1. The molecule has 0 fully saturated rings. The summed E-state index contributed by atoms with van der Waals surface area (Å²) >= 11 is 0. The molecule has 1 N–H and O–H groups in total. The summed E-state index contributed by atoms with van der Waals surface area (Å²) in [7, 11) is 0. The number of phenolic OH excluding ortho intramolecular Hbond substituents is 1. The lowest BCUT2D eigenvalue weighted by Gasteiger charge is -2.04. The van der Waals surface area contributed by atoms with Gasteiger partial charge in [-0.25, -0.2) is 0 Å². The number of aromatic hydroxyl groups is 1. The molecule has 0 aliphatic heterocycles. The third-order valence-corrected chi connectivity index (χ3v) is 4.19. The van der Waals surface area contributed by atoms with Gasteiger partial charge in [-0.15, -0.1) is 0 Å². The third kappa shape index (κ3) is 5.73. The monoisotopic (exact) mass is 320 g/mol. The fraction of sp³-hybridized carbons (Fsp3) is 0.304. The number of phenols is 1. The highest BCUT2D eigenvalue weighted by atomic mass is 16.3. The quantitative estimate of drug-likeness (QED) is 0.299. The van der Waals surface area contributed by atoms with Crippen LogP contribution in [0.4, 0.5) is 0 Å². The number of benzene rings is 2. The third-order valence-electron chi connectivity index (χ3n) is 4.19. The first kappa shape index (κ1) is 18.1. The maximum atomic E-state index is 10.1. The first-order valence-electron chi connectivity index (χ1n) is 8.98. The maximum absolute atomic E-state index is 10.1. The summed E-state index contributed by atoms with van der Waals surface area (Å²) in [6, 6.07) is 11.9. The van der Waals surface area contributed by atoms with E-state index in [1.165, 1.54) is 32.1 Å². The Kier molecular flexibility index (Phi) is 7.89. The Hall–Kier alpha value is -2.28. The molecular formula is C23H28O. The van der Waals surface area contributed by atoms with Crippen molar-refractivity contribution >= 4 is 16.8 Å². The van der Waals surface area contributed by atoms with E-state index in [-0.39, 0.29) is 0 Å². The fourth-order valence-corrected chi connectivity index (χ4v) is 2.83. The lowest BCUT2D eigenvalue weighted by Crippen LogP contribution is -1.79. The lowest BCUT2D eigenvalue weighted by molar-refractivity contribution is 0.475. The van der Waals surface area contributed by atoms with Crippen molar-refractivity contribution in [3.05, 3.63) is 72.3 Å². The second-order valence-corrected chi connectivity index (χ2v) is 6.07. The second kappa shape index (κ2) is 10.5. The van der Waals surface area contributed by atoms with E-state index in [9.17, 15) is 5.11 Å². The summed E-state index contributed by atoms with van der Waals surface area (Å²) in [6.45, 7) is 2.08. The van der Waals surface area contributed by atoms with Gasteiger partial charge in [0.15, 0.2) is 0 Å². The zero-order chi connectivity index (χ0) is 17.0. The number of fused-ring (bicyclic) bond motifs is 1. The molecule has 2 rings (SSSR count). The summed E-state index contributed by atoms with van der Waals surface area (Å²) in [5.41, 5.74) is 0.890. The molecule has 0 bridgehead atoms. The van der Waals surface area contributed by atoms with Crippen LogP contribution in [0.15, 0.2) is 66.8 Å². The minimum Gasteiger partial charge on any atom is -0.507 e. The van der Waals surface area contributed by atoms with Gasteiger partial charge in [0.25, 0.3) is 0 Å². The summed E-state index contributed by atoms with van der Waals surface area (Å²) in [5, 5.41) is 12.3. The Morgan fingerprint density at radius 3 is 2.38 bits per heavy atom. The number of unbranched alkanes of at least 4 members (excludes halogenated alkanes) is 5. The van der Waals surface area contributed by atoms with Gasteiger partial charge in [0.1, 0.15) is 5.75 Å². The van der Waals surface area contributed by atoms with E-state index >= 15 is 0 Å². The van der Waals surface area contributed by atoms with Crippen molar-refractivity contribution in [2.75, 3.05) is 0 Å². The summed E-state index contributed by atoms with van der Waals surface area (Å²) in [6.07, 6.45) is 20.2. The molecule has 24 heavy (non-hydrogen) atoms. The van der Waals surface area contributed by atoms with Gasteiger partial charge in [-0.05, 0) is 49.4 Å². The molecule has 0 saturated heterocycles. The van der Waals surface area contributed by atoms with E-state index in [2.05, 4.69) is 37.3 Å². The van der Waals surface area contributed by atoms with Crippen molar-refractivity contribution in [1.29, 1.82) is 0 Å². The van der Waals surface area contributed by atoms with E-state index in [1.807, 2.05) is 36.4 Å². The zero-order valence-electron chi connectivity index (χ0n) is 14.6. The van der Waals surface area contributed by atoms with Crippen LogP contribution in [-0.2, 0) is 0 Å². The number of hydrogen-bond donors (Lipinski definition) is 1. The van der Waals surface area contributed by atoms with Crippen LogP contribution in [0.1, 0.15) is 51.0 Å². The van der Waals surface area contributed by atoms with Crippen molar-refractivity contribution in [3.8, 4) is 5.75 Å². The van der Waals surface area contributed by atoms with Crippen LogP contribution in [0.3, 0.4) is 0 Å². The first-order chi connectivity index (χ1) is 11.8. The van der Waals surface area contributed by atoms with Crippen LogP contribution < -0.4 is 0 Å². The standard InChI is InChI=1S/C23H28O/c1-2-3-4-5-6-7-8-9-10-11-12-17-22-21-16-14-13-15-20(21)18-19-23(22)24/h2-3,10-19,24H,4-9H2,1H3. The van der Waals surface area contributed by atoms with Crippen molar-refractivity contribution in [2.24, 2.45) is 0 Å². The molecule has 0 amide bonds. The summed E-state index contributed by atoms with van der Waals surface area (Å²) in [5.74, 6) is 0.333. The number of rotatable bonds is 9. The molecule has 1 nitrogen and oxygen atoms in total. The Balaban J connectivity index is 1.79. The molecule has 0 radical (unpaired) electrons. The van der Waals surface area contributed by atoms with Gasteiger partial charge in [0.05, 0.1) is 0 Å². The Bertz CT molecular complexity index is 707. The highest BCUT2D eigenvalue weighted by Gasteiger charge is 2.02. The van der Waals surface area contributed by atoms with Crippen molar-refractivity contribution < 1.29 is 5.11 Å². The van der Waals surface area contributed by atoms with Crippen molar-refractivity contribution in [2.45, 2.75) is 45.4 Å². The van der Waals surface area contributed by atoms with Gasteiger partial charge in [-0.2, -0.15) is 0 Å². The average molecular weight is 320 g/mol. The van der Waals surface area contributed by atoms with Crippen LogP contribution in [0.2, 0.25) is 0 Å². The zero-order valence-corrected chi connectivity index (χ0v) is 14.6. The van der Waals surface area contributed by atoms with Crippen LogP contribution in [-0.4, -0.2) is 5.11 Å². The van der Waals surface area contributed by atoms with Gasteiger partial charge in [0.2, 0.25) is 0 Å². The molecule has 2 aromatic carbocycles. The van der Waals surface area contributed by atoms with Crippen molar-refractivity contribution in [3.63, 3.8) is 0 Å². The summed E-state index contributed by atoms with van der Waals surface area (Å²) in [4.78, 5) is 0. The van der Waals surface area contributed by atoms with E-state index in [0.29, 0.717) is 5.75 Å². The molecular weight excluding hydrogens is 292 g/mol. The first-order valence-corrected chi connectivity index (χ1v) is 8.98. The van der Waals surface area contributed by atoms with Gasteiger partial charge >= 0.3 is 0 Å². The smallest absolute Gasteiger partial charge is 0.123 e. The molecule has 0 unspecified atom stereocenters. The van der Waals surface area contributed by atoms with Gasteiger partial charge < -0.3 is 5.11 Å². The Labute approximate surface area is 146 Å². The normalized spacial score (nSPS) is 12.2. The topological polar surface area (TPSA) is 20.2 Å². The molecule has 0 heterocycles. The molecule has 0 spiro atoms. The van der Waals surface area contributed by atoms with E-state index < -0.39 is 0 Å². The minimum absolute atomic E-state index is 0.333. The highest BCUT2D eigenvalue weighted by molar-refractivity contribution is 5.93. The molecule has 1 heteroatoms. The molecule has 0 aromatic heterocycles. The van der Waals surface area contributed by atoms with Crippen LogP contribution in [0, 0.1) is 0 Å². The maximum Gasteiger partial charge on any atom is 0.123 e. The molecule has 0 atom stereocenters. The molecule has 0 saturated carbocycles. The summed E-state index contributed by atoms with van der Waals surface area (Å²) < 4.78 is 0. The molecule has 2 aromatic rings. The van der Waals surface area contributed by atoms with E-state index in [4.69, 9.17) is 0 Å². The van der Waals surface area contributed by atoms with E-state index in [0.717, 1.165) is 22.8 Å². The van der Waals surface area contributed by atoms with Gasteiger partial charge in [-0.3, -0.25) is 0 Å². The Morgan fingerprint density at radius 1 is 0.833 bits per heavy atom. The average Bonchev–Trinajstić information content (AvgIpc) is 2.61. The van der Waals surface area contributed by atoms with Crippen molar-refractivity contribution in [1.82, 2.24) is 0 Å². The predicted molar refractivity (Wildman–Crippen MR) is 106 cm³/mol. The largest absolute Gasteiger partial charge is 0.507 e. The Morgan fingerprint density at radius 2 is 1.58 bits per heavy atom. The molecule has 126 valence electrons. The van der Waals surface area contributed by atoms with Crippen LogP contribution in [0.5, 0.6) is 5.75 Å². The SMILES string of the molecule is CC=CCCCCCCC=CC=Cc1c(O)ccc2ccccc12. The highest BCUT2D eigenvalue weighted by Crippen LogP contribution is 2.28. The lowest BCUT2D eigenvalue weighted by atomic mass is 10.0. The van der Waals surface area contributed by atoms with Gasteiger partial charge in [-0.1, -0.05) is 79.6 Å². The molecule has 0 aliphatic rings. The van der Waals surface area contributed by atoms with Crippen LogP contribution >= 0.6 is 0 Å².